The first-order valence-corrected chi connectivity index (χ1v) is 7.29. The zero-order chi connectivity index (χ0) is 14.9. The fraction of sp³-hybridized carbons (Fsp3) is 0.588. The molecule has 20 heavy (non-hydrogen) atoms. The summed E-state index contributed by atoms with van der Waals surface area (Å²) in [5.74, 6) is 2.32. The summed E-state index contributed by atoms with van der Waals surface area (Å²) in [5.41, 5.74) is 1.81. The maximum atomic E-state index is 4.82. The lowest BCUT2D eigenvalue weighted by Crippen LogP contribution is -2.35. The van der Waals surface area contributed by atoms with E-state index in [9.17, 15) is 0 Å². The Labute approximate surface area is 123 Å². The molecule has 0 saturated heterocycles. The quantitative estimate of drug-likeness (QED) is 0.623. The zero-order valence-corrected chi connectivity index (χ0v) is 13.6. The van der Waals surface area contributed by atoms with Gasteiger partial charge in [0.2, 0.25) is 0 Å². The molecule has 1 aliphatic carbocycles. The summed E-state index contributed by atoms with van der Waals surface area (Å²) >= 11 is 0. The van der Waals surface area contributed by atoms with Crippen LogP contribution in [0, 0.1) is 11.3 Å². The third-order valence-corrected chi connectivity index (χ3v) is 4.44. The number of nitrogens with zero attached hydrogens (tertiary/aromatic N) is 3. The van der Waals surface area contributed by atoms with Crippen molar-refractivity contribution in [2.45, 2.75) is 19.8 Å². The van der Waals surface area contributed by atoms with E-state index in [4.69, 9.17) is 4.99 Å². The van der Waals surface area contributed by atoms with Crippen LogP contribution in [-0.4, -0.2) is 50.5 Å². The second-order valence-electron chi connectivity index (χ2n) is 6.75. The average Bonchev–Trinajstić information content (AvgIpc) is 2.91. The highest BCUT2D eigenvalue weighted by atomic mass is 15.3. The molecule has 0 aromatic heterocycles. The van der Waals surface area contributed by atoms with Crippen LogP contribution in [0.25, 0.3) is 0 Å². The van der Waals surface area contributed by atoms with Crippen LogP contribution in [-0.2, 0) is 0 Å². The Balaban J connectivity index is 2.10. The molecule has 3 nitrogen and oxygen atoms in total. The van der Waals surface area contributed by atoms with E-state index in [-0.39, 0.29) is 0 Å². The molecular weight excluding hydrogens is 246 g/mol. The van der Waals surface area contributed by atoms with E-state index in [1.807, 2.05) is 28.2 Å². The van der Waals surface area contributed by atoms with Crippen molar-refractivity contribution in [2.24, 2.45) is 16.3 Å². The van der Waals surface area contributed by atoms with Crippen molar-refractivity contribution in [3.05, 3.63) is 35.9 Å². The van der Waals surface area contributed by atoms with Gasteiger partial charge in [0.05, 0.1) is 0 Å². The molecule has 1 aliphatic rings. The van der Waals surface area contributed by atoms with Crippen LogP contribution in [0.15, 0.2) is 35.3 Å². The van der Waals surface area contributed by atoms with Crippen molar-refractivity contribution >= 4 is 5.96 Å². The SMILES string of the molecule is CN(C)C(=NC[C@@H]1[C@@H](c2ccccc2)C1(C)C)N(C)C. The van der Waals surface area contributed by atoms with Crippen LogP contribution in [0.1, 0.15) is 25.3 Å². The van der Waals surface area contributed by atoms with Gasteiger partial charge in [0.25, 0.3) is 0 Å². The Morgan fingerprint density at radius 2 is 1.60 bits per heavy atom. The highest BCUT2D eigenvalue weighted by Crippen LogP contribution is 2.64. The molecule has 3 heteroatoms. The summed E-state index contributed by atoms with van der Waals surface area (Å²) in [6, 6.07) is 10.8. The predicted molar refractivity (Wildman–Crippen MR) is 86.1 cm³/mol. The van der Waals surface area contributed by atoms with Gasteiger partial charge < -0.3 is 9.80 Å². The van der Waals surface area contributed by atoms with E-state index >= 15 is 0 Å². The van der Waals surface area contributed by atoms with Crippen LogP contribution in [0.5, 0.6) is 0 Å². The molecule has 2 atom stereocenters. The van der Waals surface area contributed by atoms with Crippen molar-refractivity contribution in [2.75, 3.05) is 34.7 Å². The minimum atomic E-state index is 0.356. The molecule has 110 valence electrons. The molecule has 0 aliphatic heterocycles. The molecule has 0 N–H and O–H groups in total. The Bertz CT molecular complexity index is 464. The van der Waals surface area contributed by atoms with E-state index in [2.05, 4.69) is 54.0 Å². The zero-order valence-electron chi connectivity index (χ0n) is 13.6. The normalized spacial score (nSPS) is 23.1. The van der Waals surface area contributed by atoms with Crippen LogP contribution >= 0.6 is 0 Å². The fourth-order valence-electron chi connectivity index (χ4n) is 3.27. The minimum Gasteiger partial charge on any atom is -0.349 e. The van der Waals surface area contributed by atoms with Gasteiger partial charge in [0.1, 0.15) is 0 Å². The molecule has 0 bridgehead atoms. The molecule has 1 saturated carbocycles. The monoisotopic (exact) mass is 273 g/mol. The number of aliphatic imine (C=N–C) groups is 1. The summed E-state index contributed by atoms with van der Waals surface area (Å²) in [6.45, 7) is 5.62. The standard InChI is InChI=1S/C17H27N3/c1-17(2)14(12-18-16(19(3)4)20(5)6)15(17)13-10-8-7-9-11-13/h7-11,14-15H,12H2,1-6H3/t14-,15-/m1/s1. The first-order chi connectivity index (χ1) is 9.35. The first-order valence-electron chi connectivity index (χ1n) is 7.29. The highest BCUT2D eigenvalue weighted by Gasteiger charge is 2.57. The summed E-state index contributed by atoms with van der Waals surface area (Å²) in [5, 5.41) is 0. The summed E-state index contributed by atoms with van der Waals surface area (Å²) in [7, 11) is 8.19. The van der Waals surface area contributed by atoms with E-state index in [0.29, 0.717) is 17.3 Å². The molecule has 0 unspecified atom stereocenters. The predicted octanol–water partition coefficient (Wildman–Crippen LogP) is 2.91. The third kappa shape index (κ3) is 2.82. The van der Waals surface area contributed by atoms with Gasteiger partial charge in [-0.15, -0.1) is 0 Å². The van der Waals surface area contributed by atoms with Crippen LogP contribution in [0.3, 0.4) is 0 Å². The average molecular weight is 273 g/mol. The van der Waals surface area contributed by atoms with E-state index in [0.717, 1.165) is 12.5 Å². The van der Waals surface area contributed by atoms with Gasteiger partial charge in [-0.2, -0.15) is 0 Å². The minimum absolute atomic E-state index is 0.356. The lowest BCUT2D eigenvalue weighted by Gasteiger charge is -2.22. The number of hydrogen-bond acceptors (Lipinski definition) is 1. The Morgan fingerprint density at radius 3 is 2.10 bits per heavy atom. The fourth-order valence-corrected chi connectivity index (χ4v) is 3.27. The van der Waals surface area contributed by atoms with Gasteiger partial charge >= 0.3 is 0 Å². The summed E-state index contributed by atoms with van der Waals surface area (Å²) < 4.78 is 0. The molecule has 0 amide bonds. The van der Waals surface area contributed by atoms with Gasteiger partial charge in [-0.1, -0.05) is 44.2 Å². The van der Waals surface area contributed by atoms with Gasteiger partial charge in [0.15, 0.2) is 5.96 Å². The molecular formula is C17H27N3. The molecule has 1 fully saturated rings. The largest absolute Gasteiger partial charge is 0.349 e. The molecule has 1 aromatic carbocycles. The second kappa shape index (κ2) is 5.47. The van der Waals surface area contributed by atoms with Crippen LogP contribution < -0.4 is 0 Å². The van der Waals surface area contributed by atoms with Crippen molar-refractivity contribution in [1.29, 1.82) is 0 Å². The van der Waals surface area contributed by atoms with Crippen LogP contribution in [0.4, 0.5) is 0 Å². The third-order valence-electron chi connectivity index (χ3n) is 4.44. The Morgan fingerprint density at radius 1 is 1.05 bits per heavy atom. The van der Waals surface area contributed by atoms with Gasteiger partial charge in [0, 0.05) is 34.7 Å². The van der Waals surface area contributed by atoms with Crippen molar-refractivity contribution in [1.82, 2.24) is 9.80 Å². The number of benzene rings is 1. The van der Waals surface area contributed by atoms with Gasteiger partial charge in [-0.3, -0.25) is 4.99 Å². The highest BCUT2D eigenvalue weighted by molar-refractivity contribution is 5.79. The molecule has 0 heterocycles. The van der Waals surface area contributed by atoms with Crippen molar-refractivity contribution < 1.29 is 0 Å². The molecule has 0 spiro atoms. The topological polar surface area (TPSA) is 18.8 Å². The Kier molecular flexibility index (Phi) is 4.07. The smallest absolute Gasteiger partial charge is 0.195 e. The van der Waals surface area contributed by atoms with Crippen LogP contribution in [0.2, 0.25) is 0 Å². The summed E-state index contributed by atoms with van der Waals surface area (Å²) in [4.78, 5) is 8.98. The van der Waals surface area contributed by atoms with E-state index < -0.39 is 0 Å². The van der Waals surface area contributed by atoms with Gasteiger partial charge in [-0.05, 0) is 22.8 Å². The number of hydrogen-bond donors (Lipinski definition) is 0. The second-order valence-corrected chi connectivity index (χ2v) is 6.75. The maximum absolute atomic E-state index is 4.82. The lowest BCUT2D eigenvalue weighted by molar-refractivity contribution is 0.474. The molecule has 1 aromatic rings. The van der Waals surface area contributed by atoms with E-state index in [1.165, 1.54) is 5.56 Å². The summed E-state index contributed by atoms with van der Waals surface area (Å²) in [6.07, 6.45) is 0. The van der Waals surface area contributed by atoms with Crippen molar-refractivity contribution in [3.63, 3.8) is 0 Å². The lowest BCUT2D eigenvalue weighted by atomic mass is 10.0. The number of guanidine groups is 1. The first kappa shape index (κ1) is 14.9. The maximum Gasteiger partial charge on any atom is 0.195 e. The van der Waals surface area contributed by atoms with Gasteiger partial charge in [-0.25, -0.2) is 0 Å². The molecule has 0 radical (unpaired) electrons. The van der Waals surface area contributed by atoms with Crippen molar-refractivity contribution in [3.8, 4) is 0 Å². The Hall–Kier alpha value is -1.51. The van der Waals surface area contributed by atoms with E-state index in [1.54, 1.807) is 0 Å². The number of rotatable bonds is 3. The molecule has 2 rings (SSSR count).